The lowest BCUT2D eigenvalue weighted by atomic mass is 9.95. The van der Waals surface area contributed by atoms with Crippen molar-refractivity contribution in [2.45, 2.75) is 25.7 Å². The number of nitrogens with zero attached hydrogens (tertiary/aromatic N) is 3. The molecule has 1 aromatic carbocycles. The molecule has 0 radical (unpaired) electrons. The molecule has 0 spiro atoms. The number of piperidine rings is 1. The highest BCUT2D eigenvalue weighted by Gasteiger charge is 2.37. The molecule has 2 fully saturated rings. The number of carbonyl (C=O) groups excluding carboxylic acids is 2. The number of amides is 2. The molecule has 1 saturated carbocycles. The quantitative estimate of drug-likeness (QED) is 0.695. The Morgan fingerprint density at radius 1 is 1.14 bits per heavy atom. The summed E-state index contributed by atoms with van der Waals surface area (Å²) in [4.78, 5) is 33.8. The minimum Gasteiger partial charge on any atom is -0.342 e. The van der Waals surface area contributed by atoms with Crippen molar-refractivity contribution in [2.75, 3.05) is 24.5 Å². The molecule has 2 amide bonds. The van der Waals surface area contributed by atoms with Gasteiger partial charge < -0.3 is 4.90 Å². The van der Waals surface area contributed by atoms with Gasteiger partial charge in [-0.3, -0.25) is 14.5 Å². The van der Waals surface area contributed by atoms with Gasteiger partial charge in [0.1, 0.15) is 0 Å². The molecule has 2 aromatic rings. The van der Waals surface area contributed by atoms with Crippen molar-refractivity contribution in [3.8, 4) is 11.3 Å². The third-order valence-electron chi connectivity index (χ3n) is 5.45. The summed E-state index contributed by atoms with van der Waals surface area (Å²) in [5, 5.41) is 2.70. The van der Waals surface area contributed by atoms with E-state index in [2.05, 4.69) is 6.58 Å². The normalized spacial score (nSPS) is 17.4. The van der Waals surface area contributed by atoms with Crippen molar-refractivity contribution in [1.82, 2.24) is 9.88 Å². The van der Waals surface area contributed by atoms with Gasteiger partial charge in [-0.1, -0.05) is 36.4 Å². The van der Waals surface area contributed by atoms with Crippen molar-refractivity contribution < 1.29 is 9.59 Å². The molecule has 1 saturated heterocycles. The van der Waals surface area contributed by atoms with E-state index in [0.29, 0.717) is 24.8 Å². The zero-order chi connectivity index (χ0) is 19.5. The van der Waals surface area contributed by atoms with E-state index < -0.39 is 0 Å². The molecule has 5 nitrogen and oxygen atoms in total. The SMILES string of the molecule is C=CCN(C(=O)C1CCN(C(=O)C2CC2)CC1)c1nc(-c2ccccc2)cs1. The maximum Gasteiger partial charge on any atom is 0.232 e. The predicted molar refractivity (Wildman–Crippen MR) is 112 cm³/mol. The molecule has 28 heavy (non-hydrogen) atoms. The molecule has 1 aliphatic heterocycles. The average molecular weight is 396 g/mol. The van der Waals surface area contributed by atoms with E-state index in [4.69, 9.17) is 4.98 Å². The molecule has 6 heteroatoms. The first-order chi connectivity index (χ1) is 13.7. The van der Waals surface area contributed by atoms with E-state index in [1.807, 2.05) is 40.6 Å². The molecule has 2 aliphatic rings. The predicted octanol–water partition coefficient (Wildman–Crippen LogP) is 3.98. The van der Waals surface area contributed by atoms with Gasteiger partial charge in [0.15, 0.2) is 5.13 Å². The van der Waals surface area contributed by atoms with Crippen LogP contribution < -0.4 is 4.90 Å². The fourth-order valence-corrected chi connectivity index (χ4v) is 4.53. The van der Waals surface area contributed by atoms with Gasteiger partial charge in [0.05, 0.1) is 5.69 Å². The number of anilines is 1. The van der Waals surface area contributed by atoms with E-state index in [0.717, 1.165) is 36.9 Å². The Bertz CT molecular complexity index is 852. The summed E-state index contributed by atoms with van der Waals surface area (Å²) in [7, 11) is 0. The first kappa shape index (κ1) is 18.9. The maximum atomic E-state index is 13.2. The molecular formula is C22H25N3O2S. The molecule has 0 N–H and O–H groups in total. The molecular weight excluding hydrogens is 370 g/mol. The van der Waals surface area contributed by atoms with Gasteiger partial charge >= 0.3 is 0 Å². The highest BCUT2D eigenvalue weighted by atomic mass is 32.1. The monoisotopic (exact) mass is 395 g/mol. The molecule has 146 valence electrons. The fourth-order valence-electron chi connectivity index (χ4n) is 3.68. The Morgan fingerprint density at radius 2 is 1.86 bits per heavy atom. The van der Waals surface area contributed by atoms with Gasteiger partial charge in [0.25, 0.3) is 0 Å². The molecule has 0 atom stereocenters. The topological polar surface area (TPSA) is 53.5 Å². The number of aromatic nitrogens is 1. The van der Waals surface area contributed by atoms with Gasteiger partial charge in [0, 0.05) is 42.4 Å². The van der Waals surface area contributed by atoms with Crippen LogP contribution in [-0.4, -0.2) is 41.3 Å². The molecule has 4 rings (SSSR count). The maximum absolute atomic E-state index is 13.2. The van der Waals surface area contributed by atoms with E-state index in [1.165, 1.54) is 11.3 Å². The summed E-state index contributed by atoms with van der Waals surface area (Å²) >= 11 is 1.48. The number of rotatable bonds is 6. The van der Waals surface area contributed by atoms with Crippen LogP contribution >= 0.6 is 11.3 Å². The lowest BCUT2D eigenvalue weighted by Gasteiger charge is -2.33. The molecule has 1 aromatic heterocycles. The minimum absolute atomic E-state index is 0.0627. The van der Waals surface area contributed by atoms with Crippen molar-refractivity contribution in [3.63, 3.8) is 0 Å². The number of hydrogen-bond acceptors (Lipinski definition) is 4. The van der Waals surface area contributed by atoms with Crippen LogP contribution in [0.1, 0.15) is 25.7 Å². The minimum atomic E-state index is -0.0627. The molecule has 2 heterocycles. The zero-order valence-corrected chi connectivity index (χ0v) is 16.7. The van der Waals surface area contributed by atoms with Crippen LogP contribution in [0.3, 0.4) is 0 Å². The third kappa shape index (κ3) is 4.02. The Balaban J connectivity index is 1.44. The van der Waals surface area contributed by atoms with Crippen LogP contribution in [-0.2, 0) is 9.59 Å². The highest BCUT2D eigenvalue weighted by Crippen LogP contribution is 2.33. The molecule has 0 bridgehead atoms. The molecule has 0 unspecified atom stereocenters. The lowest BCUT2D eigenvalue weighted by molar-refractivity contribution is -0.136. The Morgan fingerprint density at radius 3 is 2.50 bits per heavy atom. The second-order valence-corrected chi connectivity index (χ2v) is 8.33. The summed E-state index contributed by atoms with van der Waals surface area (Å²) in [6.07, 6.45) is 5.24. The van der Waals surface area contributed by atoms with Gasteiger partial charge in [-0.2, -0.15) is 0 Å². The zero-order valence-electron chi connectivity index (χ0n) is 15.9. The average Bonchev–Trinajstić information content (AvgIpc) is 3.48. The number of thiazole rings is 1. The summed E-state index contributed by atoms with van der Waals surface area (Å²) in [6, 6.07) is 9.98. The van der Waals surface area contributed by atoms with Crippen molar-refractivity contribution in [1.29, 1.82) is 0 Å². The van der Waals surface area contributed by atoms with E-state index >= 15 is 0 Å². The van der Waals surface area contributed by atoms with Gasteiger partial charge in [-0.15, -0.1) is 17.9 Å². The van der Waals surface area contributed by atoms with E-state index in [1.54, 1.807) is 11.0 Å². The van der Waals surface area contributed by atoms with Crippen LogP contribution in [0.2, 0.25) is 0 Å². The Hall–Kier alpha value is -2.47. The van der Waals surface area contributed by atoms with Gasteiger partial charge in [-0.05, 0) is 25.7 Å². The van der Waals surface area contributed by atoms with E-state index in [-0.39, 0.29) is 23.7 Å². The second kappa shape index (κ2) is 8.27. The Labute approximate surface area is 169 Å². The lowest BCUT2D eigenvalue weighted by Crippen LogP contribution is -2.45. The summed E-state index contributed by atoms with van der Waals surface area (Å²) < 4.78 is 0. The second-order valence-electron chi connectivity index (χ2n) is 7.49. The van der Waals surface area contributed by atoms with Gasteiger partial charge in [-0.25, -0.2) is 4.98 Å². The molecule has 1 aliphatic carbocycles. The highest BCUT2D eigenvalue weighted by molar-refractivity contribution is 7.14. The fraction of sp³-hybridized carbons (Fsp3) is 0.409. The third-order valence-corrected chi connectivity index (χ3v) is 6.32. The smallest absolute Gasteiger partial charge is 0.232 e. The number of carbonyl (C=O) groups is 2. The van der Waals surface area contributed by atoms with E-state index in [9.17, 15) is 9.59 Å². The largest absolute Gasteiger partial charge is 0.342 e. The number of benzene rings is 1. The van der Waals surface area contributed by atoms with Crippen LogP contribution in [0.15, 0.2) is 48.4 Å². The van der Waals surface area contributed by atoms with Crippen LogP contribution in [0, 0.1) is 11.8 Å². The number of hydrogen-bond donors (Lipinski definition) is 0. The first-order valence-electron chi connectivity index (χ1n) is 9.89. The van der Waals surface area contributed by atoms with Crippen molar-refractivity contribution >= 4 is 28.3 Å². The van der Waals surface area contributed by atoms with Crippen molar-refractivity contribution in [2.24, 2.45) is 11.8 Å². The van der Waals surface area contributed by atoms with Crippen LogP contribution in [0.5, 0.6) is 0 Å². The van der Waals surface area contributed by atoms with Crippen LogP contribution in [0.25, 0.3) is 11.3 Å². The van der Waals surface area contributed by atoms with Crippen LogP contribution in [0.4, 0.5) is 5.13 Å². The summed E-state index contributed by atoms with van der Waals surface area (Å²) in [6.45, 7) is 5.62. The first-order valence-corrected chi connectivity index (χ1v) is 10.8. The van der Waals surface area contributed by atoms with Crippen molar-refractivity contribution in [3.05, 3.63) is 48.4 Å². The Kier molecular flexibility index (Phi) is 5.57. The standard InChI is InChI=1S/C22H25N3O2S/c1-2-12-25(22-23-19(15-28-22)16-6-4-3-5-7-16)21(27)18-10-13-24(14-11-18)20(26)17-8-9-17/h2-7,15,17-18H,1,8-14H2. The van der Waals surface area contributed by atoms with Gasteiger partial charge in [0.2, 0.25) is 11.8 Å². The summed E-state index contributed by atoms with van der Waals surface area (Å²) in [5.41, 5.74) is 1.93. The summed E-state index contributed by atoms with van der Waals surface area (Å²) in [5.74, 6) is 0.553. The number of likely N-dealkylation sites (tertiary alicyclic amines) is 1.